The molecule has 29 heavy (non-hydrogen) atoms. The van der Waals surface area contributed by atoms with Crippen LogP contribution in [0.4, 0.5) is 4.39 Å². The minimum absolute atomic E-state index is 0.197. The number of aromatic amines is 1. The van der Waals surface area contributed by atoms with Crippen molar-refractivity contribution in [1.82, 2.24) is 25.1 Å². The van der Waals surface area contributed by atoms with Gasteiger partial charge in [-0.15, -0.1) is 0 Å². The summed E-state index contributed by atoms with van der Waals surface area (Å²) in [5, 5.41) is 9.55. The Morgan fingerprint density at radius 2 is 1.93 bits per heavy atom. The van der Waals surface area contributed by atoms with Gasteiger partial charge in [0.25, 0.3) is 5.91 Å². The Kier molecular flexibility index (Phi) is 5.05. The van der Waals surface area contributed by atoms with Crippen LogP contribution in [0.1, 0.15) is 16.2 Å². The normalized spacial score (nSPS) is 10.8. The molecule has 0 bridgehead atoms. The third-order valence-electron chi connectivity index (χ3n) is 4.43. The summed E-state index contributed by atoms with van der Waals surface area (Å²) in [6.07, 6.45) is 1.44. The molecule has 9 heteroatoms. The van der Waals surface area contributed by atoms with Gasteiger partial charge in [-0.1, -0.05) is 24.3 Å². The number of carbonyl (C=O) groups is 1. The number of H-pyrrole nitrogens is 1. The fourth-order valence-electron chi connectivity index (χ4n) is 2.84. The summed E-state index contributed by atoms with van der Waals surface area (Å²) in [6.45, 7) is 0.197. The van der Waals surface area contributed by atoms with Gasteiger partial charge >= 0.3 is 0 Å². The molecule has 0 unspecified atom stereocenters. The molecule has 0 radical (unpaired) electrons. The summed E-state index contributed by atoms with van der Waals surface area (Å²) in [6, 6.07) is 13.2. The number of amides is 1. The molecular formula is C20H16FN5O2S. The van der Waals surface area contributed by atoms with Gasteiger partial charge in [0.2, 0.25) is 5.89 Å². The number of oxazole rings is 1. The summed E-state index contributed by atoms with van der Waals surface area (Å²) < 4.78 is 21.9. The predicted octanol–water partition coefficient (Wildman–Crippen LogP) is 3.87. The fraction of sp³-hybridized carbons (Fsp3) is 0.100. The van der Waals surface area contributed by atoms with Crippen molar-refractivity contribution in [2.75, 3.05) is 0 Å². The fourth-order valence-corrected chi connectivity index (χ4v) is 3.00. The highest BCUT2D eigenvalue weighted by Crippen LogP contribution is 2.29. The molecule has 0 aliphatic rings. The summed E-state index contributed by atoms with van der Waals surface area (Å²) in [5.41, 5.74) is 1.19. The maximum Gasteiger partial charge on any atom is 0.252 e. The van der Waals surface area contributed by atoms with Crippen LogP contribution in [0.15, 0.2) is 59.1 Å². The Morgan fingerprint density at radius 1 is 1.21 bits per heavy atom. The number of hydrogen-bond donors (Lipinski definition) is 2. The topological polar surface area (TPSA) is 88.7 Å². The van der Waals surface area contributed by atoms with E-state index in [1.807, 2.05) is 0 Å². The molecular weight excluding hydrogens is 393 g/mol. The van der Waals surface area contributed by atoms with E-state index in [9.17, 15) is 9.18 Å². The van der Waals surface area contributed by atoms with E-state index in [1.165, 1.54) is 12.3 Å². The number of benzene rings is 2. The molecule has 0 spiro atoms. The average Bonchev–Trinajstić information content (AvgIpc) is 3.34. The summed E-state index contributed by atoms with van der Waals surface area (Å²) in [7, 11) is 1.76. The molecule has 0 aliphatic carbocycles. The van der Waals surface area contributed by atoms with E-state index in [0.717, 1.165) is 0 Å². The van der Waals surface area contributed by atoms with Gasteiger partial charge in [-0.05, 0) is 36.5 Å². The van der Waals surface area contributed by atoms with Crippen LogP contribution in [-0.2, 0) is 13.6 Å². The van der Waals surface area contributed by atoms with Gasteiger partial charge < -0.3 is 14.3 Å². The molecule has 7 nitrogen and oxygen atoms in total. The monoisotopic (exact) mass is 409 g/mol. The SMILES string of the molecule is Cn1c(CNC(=O)c2ccccc2-c2ncc(-c3ccccc3F)o2)n[nH]c1=S. The first-order chi connectivity index (χ1) is 14.0. The van der Waals surface area contributed by atoms with Crippen molar-refractivity contribution in [3.8, 4) is 22.8 Å². The Morgan fingerprint density at radius 3 is 2.66 bits per heavy atom. The Labute approximate surface area is 170 Å². The molecule has 2 N–H and O–H groups in total. The lowest BCUT2D eigenvalue weighted by molar-refractivity contribution is 0.0950. The Hall–Kier alpha value is -3.59. The van der Waals surface area contributed by atoms with Gasteiger partial charge in [-0.3, -0.25) is 9.89 Å². The average molecular weight is 409 g/mol. The highest BCUT2D eigenvalue weighted by Gasteiger charge is 2.18. The van der Waals surface area contributed by atoms with Crippen LogP contribution in [0.3, 0.4) is 0 Å². The quantitative estimate of drug-likeness (QED) is 0.489. The number of rotatable bonds is 5. The number of hydrogen-bond acceptors (Lipinski definition) is 5. The minimum Gasteiger partial charge on any atom is -0.436 e. The highest BCUT2D eigenvalue weighted by molar-refractivity contribution is 7.71. The number of halogens is 1. The van der Waals surface area contributed by atoms with Gasteiger partial charge in [0, 0.05) is 12.6 Å². The number of carbonyl (C=O) groups excluding carboxylic acids is 1. The van der Waals surface area contributed by atoms with Crippen LogP contribution in [0, 0.1) is 10.6 Å². The summed E-state index contributed by atoms with van der Waals surface area (Å²) >= 11 is 5.07. The highest BCUT2D eigenvalue weighted by atomic mass is 32.1. The van der Waals surface area contributed by atoms with Crippen molar-refractivity contribution >= 4 is 18.1 Å². The first-order valence-electron chi connectivity index (χ1n) is 8.73. The Balaban J connectivity index is 1.60. The zero-order chi connectivity index (χ0) is 20.4. The molecule has 2 aromatic heterocycles. The van der Waals surface area contributed by atoms with Crippen LogP contribution in [0.25, 0.3) is 22.8 Å². The molecule has 4 aromatic rings. The second kappa shape index (κ2) is 7.80. The Bertz CT molecular complexity index is 1240. The predicted molar refractivity (Wildman–Crippen MR) is 107 cm³/mol. The molecule has 2 aromatic carbocycles. The van der Waals surface area contributed by atoms with Crippen LogP contribution in [0.5, 0.6) is 0 Å². The molecule has 0 atom stereocenters. The molecule has 0 aliphatic heterocycles. The van der Waals surface area contributed by atoms with Crippen molar-refractivity contribution < 1.29 is 13.6 Å². The largest absolute Gasteiger partial charge is 0.436 e. The lowest BCUT2D eigenvalue weighted by atomic mass is 10.1. The van der Waals surface area contributed by atoms with Crippen molar-refractivity contribution in [2.24, 2.45) is 7.05 Å². The van der Waals surface area contributed by atoms with Crippen molar-refractivity contribution in [2.45, 2.75) is 6.54 Å². The molecule has 2 heterocycles. The van der Waals surface area contributed by atoms with Gasteiger partial charge in [0.15, 0.2) is 16.4 Å². The summed E-state index contributed by atoms with van der Waals surface area (Å²) in [5.74, 6) is 0.384. The second-order valence-corrected chi connectivity index (χ2v) is 6.63. The number of aromatic nitrogens is 4. The molecule has 0 fully saturated rings. The van der Waals surface area contributed by atoms with Gasteiger partial charge in [-0.2, -0.15) is 5.10 Å². The maximum absolute atomic E-state index is 14.0. The number of nitrogens with one attached hydrogen (secondary N) is 2. The standard InChI is InChI=1S/C20H16FN5O2S/c1-26-17(24-25-20(26)29)11-22-18(27)12-6-2-3-7-13(12)19-23-10-16(28-19)14-8-4-5-9-15(14)21/h2-10H,11H2,1H3,(H,22,27)(H,25,29). The van der Waals surface area contributed by atoms with Gasteiger partial charge in [0.05, 0.1) is 23.9 Å². The lowest BCUT2D eigenvalue weighted by Gasteiger charge is -2.08. The van der Waals surface area contributed by atoms with E-state index >= 15 is 0 Å². The van der Waals surface area contributed by atoms with E-state index < -0.39 is 5.82 Å². The first kappa shape index (κ1) is 18.8. The second-order valence-electron chi connectivity index (χ2n) is 6.24. The smallest absolute Gasteiger partial charge is 0.252 e. The maximum atomic E-state index is 14.0. The minimum atomic E-state index is -0.408. The molecule has 1 amide bonds. The van der Waals surface area contributed by atoms with Crippen molar-refractivity contribution in [1.29, 1.82) is 0 Å². The zero-order valence-corrected chi connectivity index (χ0v) is 16.2. The van der Waals surface area contributed by atoms with Crippen LogP contribution < -0.4 is 5.32 Å². The third kappa shape index (κ3) is 3.72. The van der Waals surface area contributed by atoms with Crippen LogP contribution in [0.2, 0.25) is 0 Å². The van der Waals surface area contributed by atoms with Crippen LogP contribution in [-0.4, -0.2) is 25.7 Å². The lowest BCUT2D eigenvalue weighted by Crippen LogP contribution is -2.25. The van der Waals surface area contributed by atoms with Gasteiger partial charge in [0.1, 0.15) is 5.82 Å². The van der Waals surface area contributed by atoms with E-state index in [1.54, 1.807) is 54.1 Å². The van der Waals surface area contributed by atoms with E-state index in [4.69, 9.17) is 16.6 Å². The van der Waals surface area contributed by atoms with Crippen molar-refractivity contribution in [3.05, 3.63) is 76.7 Å². The van der Waals surface area contributed by atoms with E-state index in [-0.39, 0.29) is 24.1 Å². The third-order valence-corrected chi connectivity index (χ3v) is 4.79. The van der Waals surface area contributed by atoms with Crippen molar-refractivity contribution in [3.63, 3.8) is 0 Å². The zero-order valence-electron chi connectivity index (χ0n) is 15.3. The molecule has 4 rings (SSSR count). The van der Waals surface area contributed by atoms with E-state index in [0.29, 0.717) is 27.3 Å². The number of nitrogens with zero attached hydrogens (tertiary/aromatic N) is 3. The molecule has 146 valence electrons. The summed E-state index contributed by atoms with van der Waals surface area (Å²) in [4.78, 5) is 17.0. The molecule has 0 saturated heterocycles. The van der Waals surface area contributed by atoms with E-state index in [2.05, 4.69) is 20.5 Å². The van der Waals surface area contributed by atoms with Crippen LogP contribution >= 0.6 is 12.2 Å². The van der Waals surface area contributed by atoms with Gasteiger partial charge in [-0.25, -0.2) is 9.37 Å². The molecule has 0 saturated carbocycles. The first-order valence-corrected chi connectivity index (χ1v) is 9.14.